The Hall–Kier alpha value is -3.00. The predicted octanol–water partition coefficient (Wildman–Crippen LogP) is 5.60. The van der Waals surface area contributed by atoms with Gasteiger partial charge in [0.25, 0.3) is 11.8 Å². The van der Waals surface area contributed by atoms with E-state index in [0.29, 0.717) is 10.7 Å². The predicted molar refractivity (Wildman–Crippen MR) is 118 cm³/mol. The van der Waals surface area contributed by atoms with E-state index in [9.17, 15) is 14.4 Å². The van der Waals surface area contributed by atoms with Gasteiger partial charge in [0, 0.05) is 10.7 Å². The number of aryl methyl sites for hydroxylation is 1. The number of hydrogen-bond donors (Lipinski definition) is 2. The SMILES string of the molecule is Cc1ccc(C(=O)OCC(=O)Nc2c(Cl)cc(Cl)cc2Cl)cc1NC(=O)c1ccco1. The van der Waals surface area contributed by atoms with E-state index in [1.165, 1.54) is 36.6 Å². The van der Waals surface area contributed by atoms with Gasteiger partial charge in [-0.2, -0.15) is 0 Å². The molecule has 0 saturated heterocycles. The van der Waals surface area contributed by atoms with E-state index in [1.807, 2.05) is 0 Å². The van der Waals surface area contributed by atoms with Crippen molar-refractivity contribution in [2.75, 3.05) is 17.2 Å². The molecular formula is C21H15Cl3N2O5. The minimum atomic E-state index is -0.753. The molecule has 3 rings (SSSR count). The second-order valence-corrected chi connectivity index (χ2v) is 7.58. The Kier molecular flexibility index (Phi) is 7.22. The average Bonchev–Trinajstić information content (AvgIpc) is 3.25. The highest BCUT2D eigenvalue weighted by atomic mass is 35.5. The lowest BCUT2D eigenvalue weighted by Crippen LogP contribution is -2.21. The molecule has 0 fully saturated rings. The molecule has 1 aromatic heterocycles. The van der Waals surface area contributed by atoms with Crippen molar-refractivity contribution in [3.8, 4) is 0 Å². The monoisotopic (exact) mass is 480 g/mol. The van der Waals surface area contributed by atoms with Crippen LogP contribution in [0.1, 0.15) is 26.5 Å². The number of ether oxygens (including phenoxy) is 1. The third-order valence-electron chi connectivity index (χ3n) is 4.07. The molecule has 0 unspecified atom stereocenters. The summed E-state index contributed by atoms with van der Waals surface area (Å²) in [5.74, 6) is -1.73. The Bertz CT molecular complexity index is 1120. The first-order valence-corrected chi connectivity index (χ1v) is 9.95. The van der Waals surface area contributed by atoms with Crippen molar-refractivity contribution in [1.29, 1.82) is 0 Å². The second kappa shape index (κ2) is 9.87. The molecule has 0 aliphatic heterocycles. The third kappa shape index (κ3) is 5.79. The number of amides is 2. The number of nitrogens with one attached hydrogen (secondary N) is 2. The molecule has 7 nitrogen and oxygen atoms in total. The van der Waals surface area contributed by atoms with Crippen molar-refractivity contribution in [1.82, 2.24) is 0 Å². The van der Waals surface area contributed by atoms with Crippen molar-refractivity contribution in [3.05, 3.63) is 80.7 Å². The summed E-state index contributed by atoms with van der Waals surface area (Å²) >= 11 is 17.9. The molecule has 0 bridgehead atoms. The fourth-order valence-corrected chi connectivity index (χ4v) is 3.44. The van der Waals surface area contributed by atoms with E-state index in [4.69, 9.17) is 44.0 Å². The van der Waals surface area contributed by atoms with Gasteiger partial charge in [-0.1, -0.05) is 40.9 Å². The van der Waals surface area contributed by atoms with Crippen molar-refractivity contribution >= 4 is 64.0 Å². The van der Waals surface area contributed by atoms with Gasteiger partial charge in [-0.05, 0) is 48.9 Å². The molecule has 0 atom stereocenters. The van der Waals surface area contributed by atoms with Crippen LogP contribution in [-0.2, 0) is 9.53 Å². The van der Waals surface area contributed by atoms with Gasteiger partial charge < -0.3 is 19.8 Å². The number of esters is 1. The lowest BCUT2D eigenvalue weighted by molar-refractivity contribution is -0.119. The van der Waals surface area contributed by atoms with Crippen LogP contribution in [0.15, 0.2) is 53.1 Å². The highest BCUT2D eigenvalue weighted by molar-refractivity contribution is 6.42. The van der Waals surface area contributed by atoms with E-state index in [2.05, 4.69) is 10.6 Å². The number of benzene rings is 2. The van der Waals surface area contributed by atoms with Gasteiger partial charge in [-0.15, -0.1) is 0 Å². The molecule has 0 radical (unpaired) electrons. The van der Waals surface area contributed by atoms with Crippen LogP contribution in [0.5, 0.6) is 0 Å². The summed E-state index contributed by atoms with van der Waals surface area (Å²) in [6, 6.07) is 10.5. The van der Waals surface area contributed by atoms with Gasteiger partial charge in [0.2, 0.25) is 0 Å². The lowest BCUT2D eigenvalue weighted by Gasteiger charge is -2.11. The molecule has 2 aromatic carbocycles. The lowest BCUT2D eigenvalue weighted by atomic mass is 10.1. The first kappa shape index (κ1) is 22.7. The minimum Gasteiger partial charge on any atom is -0.459 e. The Balaban J connectivity index is 1.63. The summed E-state index contributed by atoms with van der Waals surface area (Å²) in [5, 5.41) is 5.74. The van der Waals surface area contributed by atoms with Crippen molar-refractivity contribution < 1.29 is 23.5 Å². The molecule has 2 N–H and O–H groups in total. The zero-order valence-electron chi connectivity index (χ0n) is 16.0. The Morgan fingerprint density at radius 3 is 2.35 bits per heavy atom. The van der Waals surface area contributed by atoms with E-state index in [1.54, 1.807) is 19.1 Å². The fraction of sp³-hybridized carbons (Fsp3) is 0.0952. The van der Waals surface area contributed by atoms with Crippen LogP contribution in [0.25, 0.3) is 0 Å². The zero-order valence-corrected chi connectivity index (χ0v) is 18.3. The molecule has 31 heavy (non-hydrogen) atoms. The first-order valence-electron chi connectivity index (χ1n) is 8.81. The molecule has 0 aliphatic rings. The molecule has 3 aromatic rings. The molecule has 0 spiro atoms. The van der Waals surface area contributed by atoms with E-state index in [0.717, 1.165) is 5.56 Å². The van der Waals surface area contributed by atoms with Gasteiger partial charge in [0.15, 0.2) is 12.4 Å². The van der Waals surface area contributed by atoms with Crippen LogP contribution in [0, 0.1) is 6.92 Å². The van der Waals surface area contributed by atoms with Crippen LogP contribution < -0.4 is 10.6 Å². The molecule has 2 amide bonds. The quantitative estimate of drug-likeness (QED) is 0.447. The zero-order chi connectivity index (χ0) is 22.5. The van der Waals surface area contributed by atoms with Crippen LogP contribution in [-0.4, -0.2) is 24.4 Å². The second-order valence-electron chi connectivity index (χ2n) is 6.33. The summed E-state index contributed by atoms with van der Waals surface area (Å²) in [6.45, 7) is 1.19. The number of halogens is 3. The Labute approximate surface area is 192 Å². The summed E-state index contributed by atoms with van der Waals surface area (Å²) < 4.78 is 10.1. The summed E-state index contributed by atoms with van der Waals surface area (Å²) in [5.41, 5.74) is 1.43. The van der Waals surface area contributed by atoms with Gasteiger partial charge >= 0.3 is 5.97 Å². The number of rotatable bonds is 6. The molecule has 160 valence electrons. The number of hydrogen-bond acceptors (Lipinski definition) is 5. The van der Waals surface area contributed by atoms with Crippen LogP contribution in [0.2, 0.25) is 15.1 Å². The van der Waals surface area contributed by atoms with Crippen LogP contribution in [0.4, 0.5) is 11.4 Å². The van der Waals surface area contributed by atoms with Crippen LogP contribution >= 0.6 is 34.8 Å². The summed E-state index contributed by atoms with van der Waals surface area (Å²) in [4.78, 5) is 36.7. The third-order valence-corrected chi connectivity index (χ3v) is 4.89. The van der Waals surface area contributed by atoms with E-state index in [-0.39, 0.29) is 27.1 Å². The molecule has 1 heterocycles. The first-order chi connectivity index (χ1) is 14.7. The van der Waals surface area contributed by atoms with E-state index >= 15 is 0 Å². The standard InChI is InChI=1S/C21H15Cl3N2O5/c1-11-4-5-12(7-16(11)25-20(28)17-3-2-6-30-17)21(29)31-10-18(27)26-19-14(23)8-13(22)9-15(19)24/h2-9H,10H2,1H3,(H,25,28)(H,26,27). The molecule has 0 saturated carbocycles. The Morgan fingerprint density at radius 2 is 1.71 bits per heavy atom. The van der Waals surface area contributed by atoms with Crippen molar-refractivity contribution in [3.63, 3.8) is 0 Å². The van der Waals surface area contributed by atoms with Crippen molar-refractivity contribution in [2.24, 2.45) is 0 Å². The summed E-state index contributed by atoms with van der Waals surface area (Å²) in [7, 11) is 0. The number of carbonyl (C=O) groups excluding carboxylic acids is 3. The van der Waals surface area contributed by atoms with Gasteiger partial charge in [0.05, 0.1) is 27.6 Å². The maximum absolute atomic E-state index is 12.4. The van der Waals surface area contributed by atoms with Gasteiger partial charge in [0.1, 0.15) is 0 Å². The maximum atomic E-state index is 12.4. The topological polar surface area (TPSA) is 97.6 Å². The highest BCUT2D eigenvalue weighted by Gasteiger charge is 2.16. The number of carbonyl (C=O) groups is 3. The Morgan fingerprint density at radius 1 is 1.00 bits per heavy atom. The fourth-order valence-electron chi connectivity index (χ4n) is 2.53. The minimum absolute atomic E-state index is 0.128. The smallest absolute Gasteiger partial charge is 0.338 e. The largest absolute Gasteiger partial charge is 0.459 e. The normalized spacial score (nSPS) is 10.5. The molecular weight excluding hydrogens is 467 g/mol. The van der Waals surface area contributed by atoms with E-state index < -0.39 is 24.4 Å². The van der Waals surface area contributed by atoms with Gasteiger partial charge in [-0.3, -0.25) is 9.59 Å². The highest BCUT2D eigenvalue weighted by Crippen LogP contribution is 2.33. The summed E-state index contributed by atoms with van der Waals surface area (Å²) in [6.07, 6.45) is 1.38. The van der Waals surface area contributed by atoms with Crippen molar-refractivity contribution in [2.45, 2.75) is 6.92 Å². The average molecular weight is 482 g/mol. The maximum Gasteiger partial charge on any atom is 0.338 e. The molecule has 10 heteroatoms. The molecule has 0 aliphatic carbocycles. The van der Waals surface area contributed by atoms with Gasteiger partial charge in [-0.25, -0.2) is 4.79 Å². The number of furan rings is 1. The van der Waals surface area contributed by atoms with Crippen LogP contribution in [0.3, 0.4) is 0 Å². The number of anilines is 2.